The van der Waals surface area contributed by atoms with Crippen LogP contribution in [0, 0.1) is 17.7 Å². The van der Waals surface area contributed by atoms with E-state index in [0.29, 0.717) is 24.1 Å². The molecule has 2 N–H and O–H groups in total. The SMILES string of the molecule is COc1ccc(NC(=O)NCC2CCN(CC(C)C)C2)cc1F. The van der Waals surface area contributed by atoms with Gasteiger partial charge in [0.25, 0.3) is 0 Å². The number of amides is 2. The summed E-state index contributed by atoms with van der Waals surface area (Å²) in [4.78, 5) is 14.3. The van der Waals surface area contributed by atoms with Gasteiger partial charge in [0.1, 0.15) is 0 Å². The summed E-state index contributed by atoms with van der Waals surface area (Å²) in [5.41, 5.74) is 0.411. The van der Waals surface area contributed by atoms with Crippen molar-refractivity contribution in [3.8, 4) is 5.75 Å². The second-order valence-corrected chi connectivity index (χ2v) is 6.49. The molecule has 1 heterocycles. The summed E-state index contributed by atoms with van der Waals surface area (Å²) >= 11 is 0. The topological polar surface area (TPSA) is 53.6 Å². The zero-order chi connectivity index (χ0) is 16.8. The number of nitrogens with one attached hydrogen (secondary N) is 2. The number of hydrogen-bond acceptors (Lipinski definition) is 3. The highest BCUT2D eigenvalue weighted by molar-refractivity contribution is 5.89. The first-order valence-electron chi connectivity index (χ1n) is 8.08. The fourth-order valence-corrected chi connectivity index (χ4v) is 2.92. The van der Waals surface area contributed by atoms with Crippen molar-refractivity contribution in [2.75, 3.05) is 38.6 Å². The minimum Gasteiger partial charge on any atom is -0.494 e. The number of likely N-dealkylation sites (tertiary alicyclic amines) is 1. The molecule has 1 atom stereocenters. The average molecular weight is 323 g/mol. The Kier molecular flexibility index (Phi) is 6.21. The predicted molar refractivity (Wildman–Crippen MR) is 89.4 cm³/mol. The van der Waals surface area contributed by atoms with E-state index >= 15 is 0 Å². The van der Waals surface area contributed by atoms with Crippen LogP contribution in [0.4, 0.5) is 14.9 Å². The summed E-state index contributed by atoms with van der Waals surface area (Å²) in [6.07, 6.45) is 1.10. The van der Waals surface area contributed by atoms with E-state index in [4.69, 9.17) is 4.74 Å². The van der Waals surface area contributed by atoms with Gasteiger partial charge in [0.05, 0.1) is 7.11 Å². The standard InChI is InChI=1S/C17H26FN3O2/c1-12(2)10-21-7-6-13(11-21)9-19-17(22)20-14-4-5-16(23-3)15(18)8-14/h4-5,8,12-13H,6-7,9-11H2,1-3H3,(H2,19,20,22). The third-order valence-corrected chi connectivity index (χ3v) is 3.95. The number of halogens is 1. The van der Waals surface area contributed by atoms with E-state index in [2.05, 4.69) is 29.4 Å². The third kappa shape index (κ3) is 5.39. The van der Waals surface area contributed by atoms with Gasteiger partial charge < -0.3 is 20.3 Å². The molecule has 5 nitrogen and oxygen atoms in total. The number of methoxy groups -OCH3 is 1. The summed E-state index contributed by atoms with van der Waals surface area (Å²) in [5, 5.41) is 5.51. The molecule has 128 valence electrons. The lowest BCUT2D eigenvalue weighted by molar-refractivity contribution is 0.249. The monoisotopic (exact) mass is 323 g/mol. The van der Waals surface area contributed by atoms with Crippen molar-refractivity contribution < 1.29 is 13.9 Å². The van der Waals surface area contributed by atoms with Crippen molar-refractivity contribution in [1.82, 2.24) is 10.2 Å². The Morgan fingerprint density at radius 2 is 2.26 bits per heavy atom. The van der Waals surface area contributed by atoms with E-state index in [-0.39, 0.29) is 11.8 Å². The third-order valence-electron chi connectivity index (χ3n) is 3.95. The molecule has 2 rings (SSSR count). The molecule has 0 saturated carbocycles. The van der Waals surface area contributed by atoms with Crippen LogP contribution < -0.4 is 15.4 Å². The second-order valence-electron chi connectivity index (χ2n) is 6.49. The molecular weight excluding hydrogens is 297 g/mol. The summed E-state index contributed by atoms with van der Waals surface area (Å²) in [7, 11) is 1.41. The normalized spacial score (nSPS) is 18.2. The Balaban J connectivity index is 1.74. The Labute approximate surface area is 137 Å². The van der Waals surface area contributed by atoms with Gasteiger partial charge in [-0.25, -0.2) is 9.18 Å². The number of anilines is 1. The highest BCUT2D eigenvalue weighted by atomic mass is 19.1. The average Bonchev–Trinajstić information content (AvgIpc) is 2.92. The van der Waals surface area contributed by atoms with Crippen molar-refractivity contribution in [3.05, 3.63) is 24.0 Å². The number of rotatable bonds is 6. The molecule has 1 aromatic carbocycles. The molecule has 1 unspecified atom stereocenters. The largest absolute Gasteiger partial charge is 0.494 e. The molecule has 6 heteroatoms. The lowest BCUT2D eigenvalue weighted by atomic mass is 10.1. The Bertz CT molecular complexity index is 537. The van der Waals surface area contributed by atoms with Crippen LogP contribution in [0.25, 0.3) is 0 Å². The molecule has 1 aromatic rings. The number of ether oxygens (including phenoxy) is 1. The highest BCUT2D eigenvalue weighted by Gasteiger charge is 2.23. The van der Waals surface area contributed by atoms with Gasteiger partial charge in [0.15, 0.2) is 11.6 Å². The molecule has 2 amide bonds. The van der Waals surface area contributed by atoms with Crippen LogP contribution >= 0.6 is 0 Å². The van der Waals surface area contributed by atoms with Gasteiger partial charge in [-0.2, -0.15) is 0 Å². The maximum atomic E-state index is 13.6. The Morgan fingerprint density at radius 3 is 2.91 bits per heavy atom. The molecule has 23 heavy (non-hydrogen) atoms. The molecular formula is C17H26FN3O2. The molecule has 0 aliphatic carbocycles. The van der Waals surface area contributed by atoms with Crippen molar-refractivity contribution >= 4 is 11.7 Å². The van der Waals surface area contributed by atoms with Crippen molar-refractivity contribution in [1.29, 1.82) is 0 Å². The van der Waals surface area contributed by atoms with E-state index in [1.54, 1.807) is 6.07 Å². The number of benzene rings is 1. The predicted octanol–water partition coefficient (Wildman–Crippen LogP) is 2.93. The van der Waals surface area contributed by atoms with Gasteiger partial charge >= 0.3 is 6.03 Å². The van der Waals surface area contributed by atoms with Gasteiger partial charge in [-0.1, -0.05) is 13.8 Å². The number of urea groups is 1. The van der Waals surface area contributed by atoms with E-state index in [1.165, 1.54) is 19.2 Å². The first-order valence-corrected chi connectivity index (χ1v) is 8.08. The van der Waals surface area contributed by atoms with E-state index in [9.17, 15) is 9.18 Å². The molecule has 0 bridgehead atoms. The minimum absolute atomic E-state index is 0.159. The van der Waals surface area contributed by atoms with Crippen LogP contribution in [-0.2, 0) is 0 Å². The van der Waals surface area contributed by atoms with Gasteiger partial charge in [0.2, 0.25) is 0 Å². The first-order chi connectivity index (χ1) is 11.0. The molecule has 1 fully saturated rings. The fraction of sp³-hybridized carbons (Fsp3) is 0.588. The second kappa shape index (κ2) is 8.15. The van der Waals surface area contributed by atoms with Gasteiger partial charge in [-0.15, -0.1) is 0 Å². The first kappa shape index (κ1) is 17.5. The van der Waals surface area contributed by atoms with E-state index < -0.39 is 5.82 Å². The summed E-state index contributed by atoms with van der Waals surface area (Å²) < 4.78 is 18.4. The maximum absolute atomic E-state index is 13.6. The van der Waals surface area contributed by atoms with Gasteiger partial charge in [-0.3, -0.25) is 0 Å². The van der Waals surface area contributed by atoms with Crippen LogP contribution in [0.5, 0.6) is 5.75 Å². The molecule has 0 aromatic heterocycles. The molecule has 1 aliphatic rings. The van der Waals surface area contributed by atoms with Crippen molar-refractivity contribution in [2.45, 2.75) is 20.3 Å². The Hall–Kier alpha value is -1.82. The van der Waals surface area contributed by atoms with Crippen molar-refractivity contribution in [2.24, 2.45) is 11.8 Å². The summed E-state index contributed by atoms with van der Waals surface area (Å²) in [6.45, 7) is 8.29. The number of hydrogen-bond donors (Lipinski definition) is 2. The van der Waals surface area contributed by atoms with Crippen molar-refractivity contribution in [3.63, 3.8) is 0 Å². The van der Waals surface area contributed by atoms with Crippen LogP contribution in [-0.4, -0.2) is 44.2 Å². The molecule has 0 spiro atoms. The minimum atomic E-state index is -0.495. The molecule has 1 aliphatic heterocycles. The van der Waals surface area contributed by atoms with Crippen LogP contribution in [0.1, 0.15) is 20.3 Å². The number of nitrogens with zero attached hydrogens (tertiary/aromatic N) is 1. The van der Waals surface area contributed by atoms with Gasteiger partial charge in [-0.05, 0) is 36.9 Å². The van der Waals surface area contributed by atoms with Crippen LogP contribution in [0.2, 0.25) is 0 Å². The maximum Gasteiger partial charge on any atom is 0.319 e. The zero-order valence-electron chi connectivity index (χ0n) is 14.1. The lowest BCUT2D eigenvalue weighted by Gasteiger charge is -2.18. The highest BCUT2D eigenvalue weighted by Crippen LogP contribution is 2.20. The molecule has 1 saturated heterocycles. The van der Waals surface area contributed by atoms with E-state index in [0.717, 1.165) is 26.1 Å². The fourth-order valence-electron chi connectivity index (χ4n) is 2.92. The van der Waals surface area contributed by atoms with E-state index in [1.807, 2.05) is 0 Å². The summed E-state index contributed by atoms with van der Waals surface area (Å²) in [6, 6.07) is 4.04. The van der Waals surface area contributed by atoms with Crippen LogP contribution in [0.3, 0.4) is 0 Å². The van der Waals surface area contributed by atoms with Gasteiger partial charge in [0, 0.05) is 31.4 Å². The number of carbonyl (C=O) groups excluding carboxylic acids is 1. The summed E-state index contributed by atoms with van der Waals surface area (Å²) in [5.74, 6) is 0.805. The number of carbonyl (C=O) groups is 1. The Morgan fingerprint density at radius 1 is 1.48 bits per heavy atom. The van der Waals surface area contributed by atoms with Crippen LogP contribution in [0.15, 0.2) is 18.2 Å². The molecule has 0 radical (unpaired) electrons. The smallest absolute Gasteiger partial charge is 0.319 e. The quantitative estimate of drug-likeness (QED) is 0.846. The zero-order valence-corrected chi connectivity index (χ0v) is 14.1. The lowest BCUT2D eigenvalue weighted by Crippen LogP contribution is -2.34.